The van der Waals surface area contributed by atoms with E-state index < -0.39 is 0 Å². The monoisotopic (exact) mass is 368 g/mol. The van der Waals surface area contributed by atoms with Crippen LogP contribution >= 0.6 is 24.0 Å². The van der Waals surface area contributed by atoms with Gasteiger partial charge in [0.1, 0.15) is 0 Å². The molecule has 2 aliphatic rings. The molecule has 0 aromatic heterocycles. The number of rotatable bonds is 3. The van der Waals surface area contributed by atoms with Gasteiger partial charge in [-0.05, 0) is 33.9 Å². The van der Waals surface area contributed by atoms with Gasteiger partial charge in [0, 0.05) is 31.3 Å². The molecule has 0 amide bonds. The van der Waals surface area contributed by atoms with E-state index in [1.54, 1.807) is 0 Å². The highest BCUT2D eigenvalue weighted by Gasteiger charge is 2.35. The maximum Gasteiger partial charge on any atom is 0.191 e. The smallest absolute Gasteiger partial charge is 0.191 e. The Morgan fingerprint density at radius 2 is 2.11 bits per heavy atom. The Hall–Kier alpha value is -0.0800. The molecular formula is C12H25IN4O. The Morgan fingerprint density at radius 3 is 2.61 bits per heavy atom. The fraction of sp³-hybridized carbons (Fsp3) is 0.917. The van der Waals surface area contributed by atoms with Gasteiger partial charge >= 0.3 is 0 Å². The summed E-state index contributed by atoms with van der Waals surface area (Å²) >= 11 is 0. The van der Waals surface area contributed by atoms with Gasteiger partial charge < -0.3 is 20.3 Å². The first-order valence-corrected chi connectivity index (χ1v) is 6.42. The summed E-state index contributed by atoms with van der Waals surface area (Å²) in [5.41, 5.74) is 0.203. The summed E-state index contributed by atoms with van der Waals surface area (Å²) in [4.78, 5) is 6.76. The van der Waals surface area contributed by atoms with Gasteiger partial charge in [0.15, 0.2) is 5.96 Å². The summed E-state index contributed by atoms with van der Waals surface area (Å²) in [5, 5.41) is 6.78. The normalized spacial score (nSPS) is 26.2. The van der Waals surface area contributed by atoms with Crippen molar-refractivity contribution in [2.45, 2.75) is 31.3 Å². The predicted octanol–water partition coefficient (Wildman–Crippen LogP) is 0.652. The van der Waals surface area contributed by atoms with Crippen molar-refractivity contribution in [3.8, 4) is 0 Å². The first-order chi connectivity index (χ1) is 8.12. The number of aliphatic imine (C=N–C) groups is 1. The Balaban J connectivity index is 0.00000162. The van der Waals surface area contributed by atoms with Crippen molar-refractivity contribution in [1.82, 2.24) is 15.5 Å². The van der Waals surface area contributed by atoms with Crippen LogP contribution in [0.5, 0.6) is 0 Å². The predicted molar refractivity (Wildman–Crippen MR) is 84.8 cm³/mol. The molecule has 0 saturated carbocycles. The topological polar surface area (TPSA) is 48.9 Å². The molecule has 106 valence electrons. The van der Waals surface area contributed by atoms with Crippen molar-refractivity contribution in [3.63, 3.8) is 0 Å². The molecule has 1 saturated heterocycles. The van der Waals surface area contributed by atoms with Gasteiger partial charge in [-0.2, -0.15) is 0 Å². The average Bonchev–Trinajstić information content (AvgIpc) is 2.74. The third-order valence-corrected chi connectivity index (χ3v) is 3.86. The fourth-order valence-electron chi connectivity index (χ4n) is 2.44. The lowest BCUT2D eigenvalue weighted by atomic mass is 9.88. The SMILES string of the molecule is CC1CN=C(NCC2(N(C)C)CCOCC2)N1.I. The molecule has 0 spiro atoms. The summed E-state index contributed by atoms with van der Waals surface area (Å²) in [6, 6.07) is 0.461. The molecule has 6 heteroatoms. The van der Waals surface area contributed by atoms with E-state index >= 15 is 0 Å². The van der Waals surface area contributed by atoms with E-state index in [2.05, 4.69) is 41.5 Å². The summed E-state index contributed by atoms with van der Waals surface area (Å²) in [6.45, 7) is 5.67. The Bertz CT molecular complexity index is 290. The van der Waals surface area contributed by atoms with Crippen LogP contribution in [0.1, 0.15) is 19.8 Å². The zero-order valence-corrected chi connectivity index (χ0v) is 13.9. The largest absolute Gasteiger partial charge is 0.381 e. The number of likely N-dealkylation sites (N-methyl/N-ethyl adjacent to an activating group) is 1. The van der Waals surface area contributed by atoms with E-state index in [0.717, 1.165) is 45.1 Å². The second-order valence-corrected chi connectivity index (χ2v) is 5.32. The maximum atomic E-state index is 5.46. The van der Waals surface area contributed by atoms with Crippen molar-refractivity contribution in [3.05, 3.63) is 0 Å². The van der Waals surface area contributed by atoms with Gasteiger partial charge in [0.25, 0.3) is 0 Å². The molecule has 18 heavy (non-hydrogen) atoms. The molecule has 0 aromatic carbocycles. The average molecular weight is 368 g/mol. The van der Waals surface area contributed by atoms with Crippen LogP contribution in [0.25, 0.3) is 0 Å². The van der Waals surface area contributed by atoms with Crippen LogP contribution in [-0.4, -0.2) is 62.8 Å². The molecule has 5 nitrogen and oxygen atoms in total. The van der Waals surface area contributed by atoms with Gasteiger partial charge in [-0.25, -0.2) is 0 Å². The molecule has 2 rings (SSSR count). The van der Waals surface area contributed by atoms with E-state index in [9.17, 15) is 0 Å². The van der Waals surface area contributed by atoms with Gasteiger partial charge in [-0.3, -0.25) is 4.99 Å². The summed E-state index contributed by atoms with van der Waals surface area (Å²) in [5.74, 6) is 0.949. The number of halogens is 1. The molecule has 0 aromatic rings. The molecule has 1 atom stereocenters. The van der Waals surface area contributed by atoms with Crippen molar-refractivity contribution in [1.29, 1.82) is 0 Å². The van der Waals surface area contributed by atoms with Crippen LogP contribution in [0.2, 0.25) is 0 Å². The summed E-state index contributed by atoms with van der Waals surface area (Å²) < 4.78 is 5.46. The van der Waals surface area contributed by atoms with E-state index in [0.29, 0.717) is 6.04 Å². The molecule has 0 bridgehead atoms. The number of hydrogen-bond donors (Lipinski definition) is 2. The van der Waals surface area contributed by atoms with Crippen molar-refractivity contribution >= 4 is 29.9 Å². The molecule has 2 heterocycles. The Morgan fingerprint density at radius 1 is 1.44 bits per heavy atom. The third kappa shape index (κ3) is 3.71. The maximum absolute atomic E-state index is 5.46. The highest BCUT2D eigenvalue weighted by atomic mass is 127. The zero-order chi connectivity index (χ0) is 12.3. The van der Waals surface area contributed by atoms with Gasteiger partial charge in [-0.15, -0.1) is 24.0 Å². The molecule has 0 radical (unpaired) electrons. The second kappa shape index (κ2) is 6.91. The fourth-order valence-corrected chi connectivity index (χ4v) is 2.44. The first-order valence-electron chi connectivity index (χ1n) is 6.42. The van der Waals surface area contributed by atoms with E-state index in [1.807, 2.05) is 0 Å². The lowest BCUT2D eigenvalue weighted by Crippen LogP contribution is -2.56. The minimum atomic E-state index is 0. The lowest BCUT2D eigenvalue weighted by molar-refractivity contribution is -0.00499. The standard InChI is InChI=1S/C12H24N4O.HI/c1-10-8-13-11(15-10)14-9-12(16(2)3)4-6-17-7-5-12;/h10H,4-9H2,1-3H3,(H2,13,14,15);1H. The van der Waals surface area contributed by atoms with Crippen molar-refractivity contribution in [2.75, 3.05) is 40.4 Å². The number of ether oxygens (including phenoxy) is 1. The summed E-state index contributed by atoms with van der Waals surface area (Å²) in [6.07, 6.45) is 2.16. The van der Waals surface area contributed by atoms with E-state index in [1.165, 1.54) is 0 Å². The molecular weight excluding hydrogens is 343 g/mol. The highest BCUT2D eigenvalue weighted by Crippen LogP contribution is 2.25. The van der Waals surface area contributed by atoms with E-state index in [-0.39, 0.29) is 29.5 Å². The number of nitrogens with one attached hydrogen (secondary N) is 2. The highest BCUT2D eigenvalue weighted by molar-refractivity contribution is 14.0. The molecule has 1 unspecified atom stereocenters. The van der Waals surface area contributed by atoms with Crippen LogP contribution in [0.4, 0.5) is 0 Å². The minimum Gasteiger partial charge on any atom is -0.381 e. The lowest BCUT2D eigenvalue weighted by Gasteiger charge is -2.43. The van der Waals surface area contributed by atoms with Crippen LogP contribution in [-0.2, 0) is 4.74 Å². The van der Waals surface area contributed by atoms with Crippen LogP contribution < -0.4 is 10.6 Å². The second-order valence-electron chi connectivity index (χ2n) is 5.32. The van der Waals surface area contributed by atoms with Gasteiger partial charge in [0.2, 0.25) is 0 Å². The van der Waals surface area contributed by atoms with Crippen LogP contribution in [0, 0.1) is 0 Å². The molecule has 2 N–H and O–H groups in total. The summed E-state index contributed by atoms with van der Waals surface area (Å²) in [7, 11) is 4.30. The number of hydrogen-bond acceptors (Lipinski definition) is 5. The van der Waals surface area contributed by atoms with Crippen molar-refractivity contribution in [2.24, 2.45) is 4.99 Å². The number of nitrogens with zero attached hydrogens (tertiary/aromatic N) is 2. The van der Waals surface area contributed by atoms with Crippen molar-refractivity contribution < 1.29 is 4.74 Å². The van der Waals surface area contributed by atoms with Crippen LogP contribution in [0.15, 0.2) is 4.99 Å². The zero-order valence-electron chi connectivity index (χ0n) is 11.5. The Labute approximate surface area is 127 Å². The molecule has 2 aliphatic heterocycles. The Kier molecular flexibility index (Phi) is 6.13. The third-order valence-electron chi connectivity index (χ3n) is 3.86. The van der Waals surface area contributed by atoms with E-state index in [4.69, 9.17) is 4.74 Å². The number of guanidine groups is 1. The van der Waals surface area contributed by atoms with Crippen LogP contribution in [0.3, 0.4) is 0 Å². The molecule has 0 aliphatic carbocycles. The molecule has 1 fully saturated rings. The first kappa shape index (κ1) is 16.0. The van der Waals surface area contributed by atoms with Gasteiger partial charge in [-0.1, -0.05) is 0 Å². The van der Waals surface area contributed by atoms with Gasteiger partial charge in [0.05, 0.1) is 6.54 Å². The quantitative estimate of drug-likeness (QED) is 0.719. The minimum absolute atomic E-state index is 0.